The molecule has 0 saturated carbocycles. The summed E-state index contributed by atoms with van der Waals surface area (Å²) in [5.41, 5.74) is 6.52. The normalized spacial score (nSPS) is 10.8. The third-order valence-electron chi connectivity index (χ3n) is 5.47. The minimum Gasteiger partial charge on any atom is -0.463 e. The molecule has 0 spiro atoms. The van der Waals surface area contributed by atoms with Gasteiger partial charge in [-0.05, 0) is 55.9 Å². The van der Waals surface area contributed by atoms with E-state index in [9.17, 15) is 4.79 Å². The Labute approximate surface area is 238 Å². The van der Waals surface area contributed by atoms with Crippen LogP contribution in [0.5, 0.6) is 0 Å². The van der Waals surface area contributed by atoms with Crippen molar-refractivity contribution in [3.05, 3.63) is 77.6 Å². The van der Waals surface area contributed by atoms with Crippen molar-refractivity contribution in [2.75, 3.05) is 19.3 Å². The number of benzene rings is 2. The first kappa shape index (κ1) is 33.7. The molecule has 0 saturated heterocycles. The lowest BCUT2D eigenvalue weighted by Crippen LogP contribution is -2.16. The van der Waals surface area contributed by atoms with Gasteiger partial charge in [-0.2, -0.15) is 20.5 Å². The smallest absolute Gasteiger partial charge is 0.302 e. The first-order valence-electron chi connectivity index (χ1n) is 13.3. The highest BCUT2D eigenvalue weighted by molar-refractivity contribution is 7.99. The third kappa shape index (κ3) is 15.0. The maximum atomic E-state index is 10.3. The van der Waals surface area contributed by atoms with E-state index in [1.54, 1.807) is 31.2 Å². The number of hydrogen-bond acceptors (Lipinski definition) is 8. The molecule has 212 valence electrons. The zero-order chi connectivity index (χ0) is 28.9. The summed E-state index contributed by atoms with van der Waals surface area (Å²) in [6, 6.07) is 15.4. The fourth-order valence-electron chi connectivity index (χ4n) is 3.48. The van der Waals surface area contributed by atoms with Crippen LogP contribution < -0.4 is 5.32 Å². The topological polar surface area (TPSA) is 105 Å². The van der Waals surface area contributed by atoms with E-state index in [4.69, 9.17) is 4.74 Å². The Hall–Kier alpha value is -3.30. The van der Waals surface area contributed by atoms with Crippen LogP contribution >= 0.6 is 11.8 Å². The molecular formula is C30H44N6O2S. The summed E-state index contributed by atoms with van der Waals surface area (Å²) in [6.07, 6.45) is 7.16. The Morgan fingerprint density at radius 3 is 2.36 bits per heavy atom. The molecule has 0 bridgehead atoms. The molecule has 0 aliphatic heterocycles. The van der Waals surface area contributed by atoms with Gasteiger partial charge in [0.25, 0.3) is 0 Å². The second kappa shape index (κ2) is 20.6. The molecule has 3 rings (SSSR count). The number of carbonyl (C=O) groups is 1. The molecule has 39 heavy (non-hydrogen) atoms. The lowest BCUT2D eigenvalue weighted by Gasteiger charge is -2.11. The third-order valence-corrected chi connectivity index (χ3v) is 6.37. The van der Waals surface area contributed by atoms with Crippen molar-refractivity contribution < 1.29 is 9.53 Å². The van der Waals surface area contributed by atoms with Crippen LogP contribution in [0.25, 0.3) is 11.1 Å². The molecule has 0 fully saturated rings. The molecule has 0 atom stereocenters. The van der Waals surface area contributed by atoms with Gasteiger partial charge in [-0.25, -0.2) is 0 Å². The summed E-state index contributed by atoms with van der Waals surface area (Å²) < 4.78 is 4.91. The van der Waals surface area contributed by atoms with Crippen LogP contribution in [0.2, 0.25) is 0 Å². The molecular weight excluding hydrogens is 508 g/mol. The van der Waals surface area contributed by atoms with Crippen molar-refractivity contribution in [1.82, 2.24) is 20.7 Å². The first-order valence-corrected chi connectivity index (χ1v) is 14.3. The number of aromatic amines is 1. The highest BCUT2D eigenvalue weighted by Crippen LogP contribution is 2.24. The second-order valence-corrected chi connectivity index (χ2v) is 9.81. The summed E-state index contributed by atoms with van der Waals surface area (Å²) in [4.78, 5) is 10.3. The highest BCUT2D eigenvalue weighted by atomic mass is 32.2. The van der Waals surface area contributed by atoms with E-state index in [0.717, 1.165) is 36.7 Å². The molecule has 0 amide bonds. The van der Waals surface area contributed by atoms with E-state index < -0.39 is 0 Å². The van der Waals surface area contributed by atoms with Crippen LogP contribution in [-0.2, 0) is 16.1 Å². The average Bonchev–Trinajstić information content (AvgIpc) is 3.45. The number of hydrogen-bond donors (Lipinski definition) is 2. The molecule has 8 nitrogen and oxygen atoms in total. The molecule has 2 aromatic carbocycles. The Morgan fingerprint density at radius 1 is 1.15 bits per heavy atom. The van der Waals surface area contributed by atoms with Crippen molar-refractivity contribution in [3.63, 3.8) is 0 Å². The fraction of sp³-hybridized carbons (Fsp3) is 0.433. The number of carbonyl (C=O) groups excluding carboxylic acids is 1. The quantitative estimate of drug-likeness (QED) is 0.112. The molecule has 2 N–H and O–H groups in total. The van der Waals surface area contributed by atoms with Gasteiger partial charge in [0, 0.05) is 39.0 Å². The van der Waals surface area contributed by atoms with E-state index >= 15 is 0 Å². The summed E-state index contributed by atoms with van der Waals surface area (Å²) in [6.45, 7) is 13.5. The zero-order valence-electron chi connectivity index (χ0n) is 24.4. The molecule has 0 radical (unpaired) electrons. The lowest BCUT2D eigenvalue weighted by atomic mass is 9.98. The van der Waals surface area contributed by atoms with Gasteiger partial charge in [0.05, 0.1) is 6.20 Å². The standard InChI is InChI=1S/C19H22N4S.C7H14O2.C4H8N2/c1-14-3-8-18(15(2)11-14)17-6-4-16(5-7-17)12-20-9-10-24-19-13-21-23-22-19;1-4-7(5-2)9-6(3)8;1-3-4-6-5-2/h3-8,11,13,20H,9-10,12H2,1-2H3,(H,21,22,23);7H,4-5H2,1-3H3;3-4H,1-2H3/b;;4-3-,6-5?. The maximum Gasteiger partial charge on any atom is 0.302 e. The van der Waals surface area contributed by atoms with Gasteiger partial charge in [-0.3, -0.25) is 4.79 Å². The van der Waals surface area contributed by atoms with Gasteiger partial charge < -0.3 is 10.1 Å². The van der Waals surface area contributed by atoms with Crippen LogP contribution in [0.4, 0.5) is 0 Å². The van der Waals surface area contributed by atoms with Crippen molar-refractivity contribution >= 4 is 17.7 Å². The van der Waals surface area contributed by atoms with Gasteiger partial charge in [-0.1, -0.05) is 68.0 Å². The monoisotopic (exact) mass is 552 g/mol. The van der Waals surface area contributed by atoms with Gasteiger partial charge in [-0.15, -0.1) is 16.9 Å². The lowest BCUT2D eigenvalue weighted by molar-refractivity contribution is -0.146. The number of thioether (sulfide) groups is 1. The highest BCUT2D eigenvalue weighted by Gasteiger charge is 2.05. The van der Waals surface area contributed by atoms with Crippen molar-refractivity contribution in [3.8, 4) is 11.1 Å². The van der Waals surface area contributed by atoms with Crippen molar-refractivity contribution in [2.45, 2.75) is 72.1 Å². The molecule has 3 aromatic rings. The summed E-state index contributed by atoms with van der Waals surface area (Å²) >= 11 is 1.70. The van der Waals surface area contributed by atoms with Gasteiger partial charge >= 0.3 is 5.97 Å². The van der Waals surface area contributed by atoms with Crippen molar-refractivity contribution in [1.29, 1.82) is 0 Å². The Bertz CT molecular complexity index is 1100. The summed E-state index contributed by atoms with van der Waals surface area (Å²) in [5, 5.41) is 21.8. The Balaban J connectivity index is 0.000000420. The molecule has 1 aromatic heterocycles. The van der Waals surface area contributed by atoms with Gasteiger partial charge in [0.2, 0.25) is 0 Å². The van der Waals surface area contributed by atoms with Crippen LogP contribution in [0.15, 0.2) is 76.2 Å². The van der Waals surface area contributed by atoms with Gasteiger partial charge in [0.1, 0.15) is 11.1 Å². The largest absolute Gasteiger partial charge is 0.463 e. The average molecular weight is 553 g/mol. The van der Waals surface area contributed by atoms with Gasteiger partial charge in [0.15, 0.2) is 0 Å². The molecule has 0 aliphatic carbocycles. The molecule has 1 heterocycles. The van der Waals surface area contributed by atoms with Crippen LogP contribution in [0.3, 0.4) is 0 Å². The number of H-pyrrole nitrogens is 1. The predicted molar refractivity (Wildman–Crippen MR) is 162 cm³/mol. The fourth-order valence-corrected chi connectivity index (χ4v) is 4.17. The Morgan fingerprint density at radius 2 is 1.87 bits per heavy atom. The maximum absolute atomic E-state index is 10.3. The number of azo groups is 1. The number of esters is 1. The number of rotatable bonds is 11. The van der Waals surface area contributed by atoms with Crippen LogP contribution in [0, 0.1) is 13.8 Å². The van der Waals surface area contributed by atoms with Crippen molar-refractivity contribution in [2.24, 2.45) is 10.2 Å². The van der Waals surface area contributed by atoms with E-state index in [1.807, 2.05) is 26.8 Å². The van der Waals surface area contributed by atoms with Crippen LogP contribution in [-0.4, -0.2) is 46.8 Å². The van der Waals surface area contributed by atoms with E-state index in [2.05, 4.69) is 87.3 Å². The minimum atomic E-state index is -0.177. The Kier molecular flexibility index (Phi) is 17.8. The number of nitrogens with one attached hydrogen (secondary N) is 2. The number of aryl methyl sites for hydroxylation is 2. The second-order valence-electron chi connectivity index (χ2n) is 8.69. The number of allylic oxidation sites excluding steroid dienone is 1. The minimum absolute atomic E-state index is 0.127. The predicted octanol–water partition coefficient (Wildman–Crippen LogP) is 7.31. The van der Waals surface area contributed by atoms with Crippen LogP contribution in [0.1, 0.15) is 57.2 Å². The summed E-state index contributed by atoms with van der Waals surface area (Å²) in [7, 11) is 1.64. The van der Waals surface area contributed by atoms with E-state index in [1.165, 1.54) is 34.7 Å². The first-order chi connectivity index (χ1) is 18.8. The SMILES string of the molecule is C/C=C\N=NC.CCC(CC)OC(C)=O.Cc1ccc(-c2ccc(CNCCSc3cn[nH]n3)cc2)c(C)c1. The number of ether oxygens (including phenoxy) is 1. The molecule has 9 heteroatoms. The summed E-state index contributed by atoms with van der Waals surface area (Å²) in [5.74, 6) is 0.802. The molecule has 0 aliphatic rings. The van der Waals surface area contributed by atoms with E-state index in [-0.39, 0.29) is 12.1 Å². The number of nitrogens with zero attached hydrogens (tertiary/aromatic N) is 4. The molecule has 0 unspecified atom stereocenters. The zero-order valence-corrected chi connectivity index (χ0v) is 25.2. The van der Waals surface area contributed by atoms with E-state index in [0.29, 0.717) is 0 Å². The number of aromatic nitrogens is 3.